The normalized spacial score (nSPS) is 15.0. The first kappa shape index (κ1) is 16.1. The van der Waals surface area contributed by atoms with Crippen LogP contribution >= 0.6 is 0 Å². The third-order valence-electron chi connectivity index (χ3n) is 5.64. The zero-order chi connectivity index (χ0) is 19.4. The fourth-order valence-corrected chi connectivity index (χ4v) is 4.40. The van der Waals surface area contributed by atoms with E-state index in [9.17, 15) is 4.79 Å². The monoisotopic (exact) mass is 376 g/mol. The molecule has 3 heterocycles. The van der Waals surface area contributed by atoms with Crippen LogP contribution in [-0.2, 0) is 0 Å². The molecule has 4 nitrogen and oxygen atoms in total. The number of hydrogen-bond donors (Lipinski definition) is 1. The Hall–Kier alpha value is -3.92. The van der Waals surface area contributed by atoms with E-state index in [4.69, 9.17) is 4.42 Å². The minimum absolute atomic E-state index is 0.311. The van der Waals surface area contributed by atoms with Gasteiger partial charge in [-0.25, -0.2) is 4.79 Å². The number of benzene rings is 3. The van der Waals surface area contributed by atoms with Crippen molar-refractivity contribution in [2.75, 3.05) is 5.32 Å². The maximum atomic E-state index is 13.2. The lowest BCUT2D eigenvalue weighted by molar-refractivity contribution is 0.548. The molecule has 29 heavy (non-hydrogen) atoms. The summed E-state index contributed by atoms with van der Waals surface area (Å²) >= 11 is 0. The second kappa shape index (κ2) is 6.04. The maximum Gasteiger partial charge on any atom is 0.342 e. The third-order valence-corrected chi connectivity index (χ3v) is 5.64. The van der Waals surface area contributed by atoms with Crippen LogP contribution < -0.4 is 10.9 Å². The van der Waals surface area contributed by atoms with Crippen LogP contribution in [0, 0.1) is 0 Å². The van der Waals surface area contributed by atoms with Gasteiger partial charge in [0.05, 0.1) is 22.9 Å². The Morgan fingerprint density at radius 3 is 2.45 bits per heavy atom. The van der Waals surface area contributed by atoms with Crippen LogP contribution in [0.5, 0.6) is 0 Å². The fraction of sp³-hybridized carbons (Fsp3) is 0.0400. The zero-order valence-electron chi connectivity index (χ0n) is 15.4. The molecule has 0 unspecified atom stereocenters. The number of rotatable bonds is 1. The highest BCUT2D eigenvalue weighted by atomic mass is 16.4. The van der Waals surface area contributed by atoms with Gasteiger partial charge in [-0.15, -0.1) is 0 Å². The molecule has 0 saturated carbocycles. The summed E-state index contributed by atoms with van der Waals surface area (Å²) < 4.78 is 5.72. The van der Waals surface area contributed by atoms with Crippen molar-refractivity contribution in [3.05, 3.63) is 112 Å². The summed E-state index contributed by atoms with van der Waals surface area (Å²) in [5.74, 6) is -0.311. The van der Waals surface area contributed by atoms with Gasteiger partial charge >= 0.3 is 5.63 Å². The van der Waals surface area contributed by atoms with Crippen LogP contribution in [0.2, 0.25) is 0 Å². The van der Waals surface area contributed by atoms with Crippen LogP contribution in [0.25, 0.3) is 21.7 Å². The molecule has 1 aliphatic rings. The van der Waals surface area contributed by atoms with E-state index in [0.29, 0.717) is 11.1 Å². The van der Waals surface area contributed by atoms with Crippen molar-refractivity contribution in [2.45, 2.75) is 5.92 Å². The fourth-order valence-electron chi connectivity index (χ4n) is 4.40. The first-order valence-electron chi connectivity index (χ1n) is 9.56. The van der Waals surface area contributed by atoms with Gasteiger partial charge in [0.15, 0.2) is 0 Å². The average molecular weight is 376 g/mol. The highest BCUT2D eigenvalue weighted by molar-refractivity contribution is 6.00. The Morgan fingerprint density at radius 2 is 1.59 bits per heavy atom. The van der Waals surface area contributed by atoms with Gasteiger partial charge in [-0.05, 0) is 46.7 Å². The summed E-state index contributed by atoms with van der Waals surface area (Å²) in [7, 11) is 0. The quantitative estimate of drug-likeness (QED) is 0.381. The van der Waals surface area contributed by atoms with Crippen molar-refractivity contribution >= 4 is 33.1 Å². The smallest absolute Gasteiger partial charge is 0.342 e. The highest BCUT2D eigenvalue weighted by Crippen LogP contribution is 2.47. The Bertz CT molecular complexity index is 1450. The molecule has 138 valence electrons. The highest BCUT2D eigenvalue weighted by Gasteiger charge is 2.34. The Labute approximate surface area is 166 Å². The minimum atomic E-state index is -0.333. The summed E-state index contributed by atoms with van der Waals surface area (Å²) in [6, 6.07) is 25.9. The largest absolute Gasteiger partial charge is 0.422 e. The molecule has 1 aliphatic heterocycles. The Kier molecular flexibility index (Phi) is 3.35. The van der Waals surface area contributed by atoms with Gasteiger partial charge in [-0.2, -0.15) is 0 Å². The van der Waals surface area contributed by atoms with Crippen LogP contribution in [0.4, 0.5) is 11.4 Å². The van der Waals surface area contributed by atoms with Gasteiger partial charge in [-0.1, -0.05) is 48.5 Å². The molecule has 2 aromatic heterocycles. The van der Waals surface area contributed by atoms with E-state index < -0.39 is 0 Å². The molecule has 0 radical (unpaired) electrons. The Morgan fingerprint density at radius 1 is 0.793 bits per heavy atom. The van der Waals surface area contributed by atoms with Gasteiger partial charge in [0, 0.05) is 17.3 Å². The van der Waals surface area contributed by atoms with E-state index in [1.807, 2.05) is 54.6 Å². The molecule has 0 fully saturated rings. The number of para-hydroxylation sites is 1. The first-order valence-corrected chi connectivity index (χ1v) is 9.56. The SMILES string of the molecule is O=c1oc2ccccc2c2c1[C@H](c1ccccn1)c1c(ccc3ccccc13)N2. The van der Waals surface area contributed by atoms with Gasteiger partial charge in [0.1, 0.15) is 5.58 Å². The standard InChI is InChI=1S/C25H16N2O2/c28-25-23-22(18-10-5-6-14-26-18)21-16-8-2-1-7-15(16)12-13-19(21)27-24(23)17-9-3-4-11-20(17)29-25/h1-14,22,27H/t22-/m1/s1. The summed E-state index contributed by atoms with van der Waals surface area (Å²) in [6.45, 7) is 0. The minimum Gasteiger partial charge on any atom is -0.422 e. The van der Waals surface area contributed by atoms with Crippen molar-refractivity contribution in [2.24, 2.45) is 0 Å². The van der Waals surface area contributed by atoms with E-state index in [0.717, 1.165) is 38.8 Å². The van der Waals surface area contributed by atoms with Crippen molar-refractivity contribution < 1.29 is 4.42 Å². The lowest BCUT2D eigenvalue weighted by Crippen LogP contribution is -2.23. The van der Waals surface area contributed by atoms with Crippen molar-refractivity contribution in [3.8, 4) is 0 Å². The lowest BCUT2D eigenvalue weighted by atomic mass is 9.81. The second-order valence-electron chi connectivity index (χ2n) is 7.23. The number of nitrogens with one attached hydrogen (secondary N) is 1. The second-order valence-corrected chi connectivity index (χ2v) is 7.23. The molecule has 5 aromatic rings. The molecule has 4 heteroatoms. The number of aromatic nitrogens is 1. The molecule has 0 aliphatic carbocycles. The molecule has 3 aromatic carbocycles. The zero-order valence-corrected chi connectivity index (χ0v) is 15.4. The molecule has 1 N–H and O–H groups in total. The van der Waals surface area contributed by atoms with E-state index in [-0.39, 0.29) is 11.5 Å². The van der Waals surface area contributed by atoms with Gasteiger partial charge in [-0.3, -0.25) is 4.98 Å². The predicted octanol–water partition coefficient (Wildman–Crippen LogP) is 5.58. The molecule has 0 spiro atoms. The van der Waals surface area contributed by atoms with E-state index in [1.54, 1.807) is 6.20 Å². The number of pyridine rings is 1. The van der Waals surface area contributed by atoms with Crippen LogP contribution in [-0.4, -0.2) is 4.98 Å². The molecule has 1 atom stereocenters. The number of hydrogen-bond acceptors (Lipinski definition) is 4. The van der Waals surface area contributed by atoms with Gasteiger partial charge < -0.3 is 9.73 Å². The van der Waals surface area contributed by atoms with E-state index >= 15 is 0 Å². The summed E-state index contributed by atoms with van der Waals surface area (Å²) in [5.41, 5.74) is 4.52. The third kappa shape index (κ3) is 2.32. The van der Waals surface area contributed by atoms with Crippen molar-refractivity contribution in [3.63, 3.8) is 0 Å². The molecule has 0 saturated heterocycles. The molecule has 6 rings (SSSR count). The molecular weight excluding hydrogens is 360 g/mol. The lowest BCUT2D eigenvalue weighted by Gasteiger charge is -2.30. The summed E-state index contributed by atoms with van der Waals surface area (Å²) in [6.07, 6.45) is 1.77. The molecule has 0 bridgehead atoms. The topological polar surface area (TPSA) is 55.1 Å². The van der Waals surface area contributed by atoms with Gasteiger partial charge in [0.2, 0.25) is 0 Å². The number of fused-ring (bicyclic) bond motifs is 6. The maximum absolute atomic E-state index is 13.2. The first-order chi connectivity index (χ1) is 14.3. The number of nitrogens with zero attached hydrogens (tertiary/aromatic N) is 1. The summed E-state index contributed by atoms with van der Waals surface area (Å²) in [4.78, 5) is 17.8. The molecular formula is C25H16N2O2. The van der Waals surface area contributed by atoms with Crippen LogP contribution in [0.1, 0.15) is 22.7 Å². The van der Waals surface area contributed by atoms with Gasteiger partial charge in [0.25, 0.3) is 0 Å². The van der Waals surface area contributed by atoms with E-state index in [1.165, 1.54) is 0 Å². The Balaban J connectivity index is 1.78. The van der Waals surface area contributed by atoms with Crippen molar-refractivity contribution in [1.29, 1.82) is 0 Å². The van der Waals surface area contributed by atoms with E-state index in [2.05, 4.69) is 34.6 Å². The van der Waals surface area contributed by atoms with Crippen LogP contribution in [0.15, 0.2) is 94.3 Å². The summed E-state index contributed by atoms with van der Waals surface area (Å²) in [5, 5.41) is 6.65. The molecule has 0 amide bonds. The average Bonchev–Trinajstić information content (AvgIpc) is 2.78. The predicted molar refractivity (Wildman–Crippen MR) is 115 cm³/mol. The van der Waals surface area contributed by atoms with Crippen LogP contribution in [0.3, 0.4) is 0 Å². The van der Waals surface area contributed by atoms with Crippen molar-refractivity contribution in [1.82, 2.24) is 4.98 Å². The number of anilines is 2.